The number of carbonyl (C=O) groups is 3. The first-order valence-electron chi connectivity index (χ1n) is 7.98. The highest BCUT2D eigenvalue weighted by molar-refractivity contribution is 6.05. The Morgan fingerprint density at radius 3 is 2.64 bits per heavy atom. The molecule has 1 aliphatic carbocycles. The molecule has 2 fully saturated rings. The Morgan fingerprint density at radius 2 is 1.91 bits per heavy atom. The maximum absolute atomic E-state index is 12.7. The zero-order chi connectivity index (χ0) is 15.6. The van der Waals surface area contributed by atoms with Crippen LogP contribution in [0.4, 0.5) is 0 Å². The van der Waals surface area contributed by atoms with Crippen LogP contribution < -0.4 is 0 Å². The molecule has 116 valence electrons. The number of unbranched alkanes of at least 4 members (excludes halogenated alkanes) is 1. The molecule has 2 bridgehead atoms. The molecule has 4 heterocycles. The largest absolute Gasteiger partial charge is 0.393 e. The van der Waals surface area contributed by atoms with Crippen LogP contribution in [0.25, 0.3) is 0 Å². The fourth-order valence-corrected chi connectivity index (χ4v) is 4.67. The summed E-state index contributed by atoms with van der Waals surface area (Å²) in [5.41, 5.74) is 0.257. The molecule has 5 rings (SSSR count). The van der Waals surface area contributed by atoms with Gasteiger partial charge in [0.15, 0.2) is 5.78 Å². The maximum Gasteiger partial charge on any atom is 0.319 e. The van der Waals surface area contributed by atoms with Crippen LogP contribution in [0.15, 0.2) is 23.9 Å². The molecule has 22 heavy (non-hydrogen) atoms. The number of nitrogens with zero attached hydrogens (tertiary/aromatic N) is 1. The highest BCUT2D eigenvalue weighted by Gasteiger charge is 2.68. The molecule has 0 amide bonds. The SMILES string of the molecule is CCCCC1=CC(=O)[C@@]2(C)[C@@H]3C=C[C@@H]([C@H]4C(=O)OC(=O)[C@H]43)N12. The molecule has 0 aromatic rings. The van der Waals surface area contributed by atoms with Crippen molar-refractivity contribution in [1.29, 1.82) is 0 Å². The second kappa shape index (κ2) is 4.31. The average molecular weight is 301 g/mol. The Kier molecular flexibility index (Phi) is 2.69. The van der Waals surface area contributed by atoms with Crippen molar-refractivity contribution in [3.8, 4) is 0 Å². The number of ether oxygens (including phenoxy) is 1. The lowest BCUT2D eigenvalue weighted by Gasteiger charge is -2.56. The van der Waals surface area contributed by atoms with Gasteiger partial charge in [-0.1, -0.05) is 25.5 Å². The summed E-state index contributed by atoms with van der Waals surface area (Å²) in [7, 11) is 0. The minimum Gasteiger partial charge on any atom is -0.393 e. The Labute approximate surface area is 129 Å². The van der Waals surface area contributed by atoms with Crippen molar-refractivity contribution in [3.63, 3.8) is 0 Å². The van der Waals surface area contributed by atoms with Crippen molar-refractivity contribution in [2.75, 3.05) is 0 Å². The van der Waals surface area contributed by atoms with Crippen molar-refractivity contribution < 1.29 is 19.1 Å². The smallest absolute Gasteiger partial charge is 0.319 e. The number of piperidine rings is 1. The number of rotatable bonds is 3. The number of hydrogen-bond acceptors (Lipinski definition) is 5. The molecule has 2 saturated heterocycles. The third-order valence-electron chi connectivity index (χ3n) is 5.74. The van der Waals surface area contributed by atoms with Crippen LogP contribution in [0.2, 0.25) is 0 Å². The third kappa shape index (κ3) is 1.42. The Morgan fingerprint density at radius 1 is 1.18 bits per heavy atom. The normalized spacial score (nSPS) is 41.6. The first-order chi connectivity index (χ1) is 10.5. The summed E-state index contributed by atoms with van der Waals surface area (Å²) in [5, 5.41) is 0. The fraction of sp³-hybridized carbons (Fsp3) is 0.588. The second-order valence-corrected chi connectivity index (χ2v) is 6.81. The van der Waals surface area contributed by atoms with E-state index in [-0.39, 0.29) is 17.7 Å². The molecule has 5 aliphatic rings. The molecule has 0 N–H and O–H groups in total. The summed E-state index contributed by atoms with van der Waals surface area (Å²) in [4.78, 5) is 38.9. The van der Waals surface area contributed by atoms with Gasteiger partial charge < -0.3 is 9.64 Å². The van der Waals surface area contributed by atoms with Gasteiger partial charge in [-0.15, -0.1) is 0 Å². The van der Waals surface area contributed by atoms with Gasteiger partial charge in [-0.05, 0) is 19.8 Å². The molecule has 5 nitrogen and oxygen atoms in total. The third-order valence-corrected chi connectivity index (χ3v) is 5.74. The highest BCUT2D eigenvalue weighted by Crippen LogP contribution is 2.56. The molecule has 0 unspecified atom stereocenters. The van der Waals surface area contributed by atoms with Crippen molar-refractivity contribution in [3.05, 3.63) is 23.9 Å². The van der Waals surface area contributed by atoms with Gasteiger partial charge >= 0.3 is 11.9 Å². The van der Waals surface area contributed by atoms with Crippen LogP contribution in [0.3, 0.4) is 0 Å². The van der Waals surface area contributed by atoms with Crippen LogP contribution in [0.1, 0.15) is 33.1 Å². The van der Waals surface area contributed by atoms with E-state index in [4.69, 9.17) is 4.74 Å². The minimum absolute atomic E-state index is 0.0450. The molecule has 0 radical (unpaired) electrons. The van der Waals surface area contributed by atoms with E-state index < -0.39 is 29.3 Å². The summed E-state index contributed by atoms with van der Waals surface area (Å²) in [6.07, 6.45) is 8.52. The molecule has 4 aliphatic heterocycles. The van der Waals surface area contributed by atoms with E-state index in [1.165, 1.54) is 0 Å². The van der Waals surface area contributed by atoms with Gasteiger partial charge in [-0.3, -0.25) is 14.4 Å². The molecular weight excluding hydrogens is 282 g/mol. The number of cyclic esters (lactones) is 2. The molecule has 0 aromatic heterocycles. The van der Waals surface area contributed by atoms with Gasteiger partial charge in [-0.25, -0.2) is 0 Å². The molecular formula is C17H19NO4. The van der Waals surface area contributed by atoms with Gasteiger partial charge in [0.05, 0.1) is 17.9 Å². The van der Waals surface area contributed by atoms with E-state index in [2.05, 4.69) is 11.8 Å². The maximum atomic E-state index is 12.7. The Balaban J connectivity index is 1.79. The van der Waals surface area contributed by atoms with Crippen LogP contribution >= 0.6 is 0 Å². The van der Waals surface area contributed by atoms with Gasteiger partial charge in [0.2, 0.25) is 0 Å². The molecule has 0 saturated carbocycles. The van der Waals surface area contributed by atoms with Crippen molar-refractivity contribution in [2.45, 2.75) is 44.7 Å². The predicted molar refractivity (Wildman–Crippen MR) is 77.4 cm³/mol. The van der Waals surface area contributed by atoms with Crippen LogP contribution in [0.5, 0.6) is 0 Å². The summed E-state index contributed by atoms with van der Waals surface area (Å²) in [5.74, 6) is -2.12. The van der Waals surface area contributed by atoms with Crippen molar-refractivity contribution in [1.82, 2.24) is 4.90 Å². The predicted octanol–water partition coefficient (Wildman–Crippen LogP) is 1.59. The number of carbonyl (C=O) groups excluding carboxylic acids is 3. The minimum atomic E-state index is -0.743. The molecule has 5 atom stereocenters. The molecule has 5 heteroatoms. The van der Waals surface area contributed by atoms with E-state index in [0.717, 1.165) is 25.0 Å². The topological polar surface area (TPSA) is 63.7 Å². The quantitative estimate of drug-likeness (QED) is 0.450. The van der Waals surface area contributed by atoms with Crippen LogP contribution in [-0.4, -0.2) is 34.2 Å². The van der Waals surface area contributed by atoms with Crippen LogP contribution in [-0.2, 0) is 19.1 Å². The lowest BCUT2D eigenvalue weighted by Crippen LogP contribution is -2.67. The second-order valence-electron chi connectivity index (χ2n) is 6.81. The fourth-order valence-electron chi connectivity index (χ4n) is 4.67. The summed E-state index contributed by atoms with van der Waals surface area (Å²) < 4.78 is 4.88. The van der Waals surface area contributed by atoms with Crippen molar-refractivity contribution >= 4 is 17.7 Å². The highest BCUT2D eigenvalue weighted by atomic mass is 16.6. The summed E-state index contributed by atoms with van der Waals surface area (Å²) in [6.45, 7) is 4.01. The zero-order valence-electron chi connectivity index (χ0n) is 12.7. The van der Waals surface area contributed by atoms with E-state index in [1.807, 2.05) is 19.1 Å². The summed E-state index contributed by atoms with van der Waals surface area (Å²) in [6, 6.07) is -0.242. The average Bonchev–Trinajstić information content (AvgIpc) is 2.94. The lowest BCUT2D eigenvalue weighted by molar-refractivity contribution is -0.153. The van der Waals surface area contributed by atoms with E-state index >= 15 is 0 Å². The van der Waals surface area contributed by atoms with Crippen LogP contribution in [0, 0.1) is 17.8 Å². The van der Waals surface area contributed by atoms with Gasteiger partial charge in [0, 0.05) is 17.7 Å². The monoisotopic (exact) mass is 301 g/mol. The zero-order valence-corrected chi connectivity index (χ0v) is 12.7. The Hall–Kier alpha value is -1.91. The summed E-state index contributed by atoms with van der Waals surface area (Å²) >= 11 is 0. The van der Waals surface area contributed by atoms with E-state index in [0.29, 0.717) is 0 Å². The molecule has 0 aromatic carbocycles. The van der Waals surface area contributed by atoms with Gasteiger partial charge in [-0.2, -0.15) is 0 Å². The molecule has 0 spiro atoms. The van der Waals surface area contributed by atoms with Gasteiger partial charge in [0.25, 0.3) is 0 Å². The number of ketones is 1. The number of esters is 2. The number of allylic oxidation sites excluding steroid dienone is 1. The Bertz CT molecular complexity index is 649. The lowest BCUT2D eigenvalue weighted by atomic mass is 9.61. The van der Waals surface area contributed by atoms with Crippen molar-refractivity contribution in [2.24, 2.45) is 17.8 Å². The van der Waals surface area contributed by atoms with Gasteiger partial charge in [0.1, 0.15) is 5.54 Å². The standard InChI is InChI=1S/C17H19NO4/c1-3-4-5-9-8-12(19)17(2)10-6-7-11(18(9)17)14-13(10)15(20)22-16(14)21/h6-8,10-11,13-14H,3-5H2,1-2H3/t10-,11+,13+,14-,17-/m1/s1. The van der Waals surface area contributed by atoms with E-state index in [1.54, 1.807) is 6.08 Å². The number of hydrogen-bond donors (Lipinski definition) is 0. The first kappa shape index (κ1) is 13.7. The van der Waals surface area contributed by atoms with E-state index in [9.17, 15) is 14.4 Å². The first-order valence-corrected chi connectivity index (χ1v) is 7.98.